The Morgan fingerprint density at radius 3 is 2.79 bits per heavy atom. The highest BCUT2D eigenvalue weighted by Gasteiger charge is 2.13. The Morgan fingerprint density at radius 2 is 2.16 bits per heavy atom. The molecule has 1 N–H and O–H groups in total. The third-order valence-electron chi connectivity index (χ3n) is 2.58. The molecule has 0 aromatic carbocycles. The molecule has 0 fully saturated rings. The first-order chi connectivity index (χ1) is 9.15. The molecule has 2 aromatic rings. The van der Waals surface area contributed by atoms with Crippen LogP contribution < -0.4 is 5.32 Å². The number of anilines is 1. The summed E-state index contributed by atoms with van der Waals surface area (Å²) in [4.78, 5) is 13.3. The lowest BCUT2D eigenvalue weighted by Gasteiger charge is -2.10. The molecular weight excluding hydrogens is 308 g/mol. The van der Waals surface area contributed by atoms with Gasteiger partial charge in [-0.15, -0.1) is 0 Å². The van der Waals surface area contributed by atoms with E-state index in [4.69, 9.17) is 4.74 Å². The first-order valence-corrected chi connectivity index (χ1v) is 6.61. The van der Waals surface area contributed by atoms with Crippen molar-refractivity contribution >= 4 is 21.7 Å². The number of aryl methyl sites for hydroxylation is 1. The fourth-order valence-corrected chi connectivity index (χ4v) is 2.15. The number of ether oxygens (including phenoxy) is 1. The van der Waals surface area contributed by atoms with Crippen LogP contribution in [0.25, 0.3) is 11.5 Å². The first kappa shape index (κ1) is 13.9. The predicted molar refractivity (Wildman–Crippen MR) is 78.0 cm³/mol. The standard InChI is InChI=1S/C13H15BrN4O/c1-8-4-5-16-9(6-8)12-17-10(7-19-3)11(14)13(15-2)18-12/h4-6H,7H2,1-3H3,(H,15,17,18). The Labute approximate surface area is 120 Å². The average molecular weight is 323 g/mol. The van der Waals surface area contributed by atoms with E-state index < -0.39 is 0 Å². The van der Waals surface area contributed by atoms with Gasteiger partial charge in [0, 0.05) is 20.4 Å². The Bertz CT molecular complexity index is 589. The van der Waals surface area contributed by atoms with Crippen LogP contribution in [0.2, 0.25) is 0 Å². The van der Waals surface area contributed by atoms with Crippen LogP contribution in [0.4, 0.5) is 5.82 Å². The number of methoxy groups -OCH3 is 1. The van der Waals surface area contributed by atoms with Crippen LogP contribution in [-0.2, 0) is 11.3 Å². The zero-order valence-corrected chi connectivity index (χ0v) is 12.7. The second kappa shape index (κ2) is 6.08. The van der Waals surface area contributed by atoms with Crippen molar-refractivity contribution < 1.29 is 4.74 Å². The van der Waals surface area contributed by atoms with Gasteiger partial charge in [-0.3, -0.25) is 4.98 Å². The van der Waals surface area contributed by atoms with Crippen LogP contribution >= 0.6 is 15.9 Å². The smallest absolute Gasteiger partial charge is 0.180 e. The minimum atomic E-state index is 0.413. The van der Waals surface area contributed by atoms with Crippen molar-refractivity contribution in [2.75, 3.05) is 19.5 Å². The van der Waals surface area contributed by atoms with Gasteiger partial charge >= 0.3 is 0 Å². The van der Waals surface area contributed by atoms with Gasteiger partial charge in [0.25, 0.3) is 0 Å². The zero-order chi connectivity index (χ0) is 13.8. The molecule has 2 rings (SSSR count). The molecule has 0 saturated carbocycles. The summed E-state index contributed by atoms with van der Waals surface area (Å²) in [5.41, 5.74) is 2.66. The van der Waals surface area contributed by atoms with Crippen LogP contribution in [0, 0.1) is 6.92 Å². The van der Waals surface area contributed by atoms with Gasteiger partial charge in [0.2, 0.25) is 0 Å². The molecule has 0 amide bonds. The molecule has 5 nitrogen and oxygen atoms in total. The fraction of sp³-hybridized carbons (Fsp3) is 0.308. The lowest BCUT2D eigenvalue weighted by molar-refractivity contribution is 0.181. The molecule has 0 aliphatic rings. The van der Waals surface area contributed by atoms with E-state index in [9.17, 15) is 0 Å². The van der Waals surface area contributed by atoms with E-state index in [1.54, 1.807) is 13.3 Å². The topological polar surface area (TPSA) is 59.9 Å². The van der Waals surface area contributed by atoms with E-state index in [2.05, 4.69) is 36.2 Å². The number of halogens is 1. The molecule has 0 aliphatic carbocycles. The summed E-state index contributed by atoms with van der Waals surface area (Å²) in [5.74, 6) is 1.31. The van der Waals surface area contributed by atoms with Crippen molar-refractivity contribution in [2.45, 2.75) is 13.5 Å². The SMILES string of the molecule is CNc1nc(-c2cc(C)ccn2)nc(COC)c1Br. The second-order valence-corrected chi connectivity index (χ2v) is 4.85. The summed E-state index contributed by atoms with van der Waals surface area (Å²) >= 11 is 3.48. The molecule has 2 aromatic heterocycles. The van der Waals surface area contributed by atoms with Gasteiger partial charge in [-0.05, 0) is 40.5 Å². The minimum Gasteiger partial charge on any atom is -0.378 e. The Morgan fingerprint density at radius 1 is 1.37 bits per heavy atom. The first-order valence-electron chi connectivity index (χ1n) is 5.82. The highest BCUT2D eigenvalue weighted by Crippen LogP contribution is 2.26. The number of nitrogens with zero attached hydrogens (tertiary/aromatic N) is 3. The lowest BCUT2D eigenvalue weighted by Crippen LogP contribution is -2.05. The van der Waals surface area contributed by atoms with Gasteiger partial charge in [-0.2, -0.15) is 0 Å². The quantitative estimate of drug-likeness (QED) is 0.937. The molecule has 6 heteroatoms. The van der Waals surface area contributed by atoms with E-state index in [1.165, 1.54) is 0 Å². The van der Waals surface area contributed by atoms with Crippen LogP contribution in [0.3, 0.4) is 0 Å². The van der Waals surface area contributed by atoms with Crippen molar-refractivity contribution in [3.63, 3.8) is 0 Å². The maximum atomic E-state index is 5.15. The van der Waals surface area contributed by atoms with Gasteiger partial charge in [0.15, 0.2) is 5.82 Å². The number of hydrogen-bond acceptors (Lipinski definition) is 5. The maximum absolute atomic E-state index is 5.15. The third kappa shape index (κ3) is 3.08. The van der Waals surface area contributed by atoms with E-state index in [1.807, 2.05) is 26.1 Å². The number of pyridine rings is 1. The zero-order valence-electron chi connectivity index (χ0n) is 11.1. The van der Waals surface area contributed by atoms with Crippen molar-refractivity contribution in [1.82, 2.24) is 15.0 Å². The lowest BCUT2D eigenvalue weighted by atomic mass is 10.2. The van der Waals surface area contributed by atoms with Crippen LogP contribution in [0.1, 0.15) is 11.3 Å². The van der Waals surface area contributed by atoms with Crippen molar-refractivity contribution in [1.29, 1.82) is 0 Å². The van der Waals surface area contributed by atoms with Crippen molar-refractivity contribution in [3.05, 3.63) is 34.1 Å². The molecule has 0 aliphatic heterocycles. The highest BCUT2D eigenvalue weighted by molar-refractivity contribution is 9.10. The van der Waals surface area contributed by atoms with Crippen LogP contribution in [0.15, 0.2) is 22.8 Å². The summed E-state index contributed by atoms with van der Waals surface area (Å²) < 4.78 is 5.97. The Kier molecular flexibility index (Phi) is 4.44. The number of nitrogens with one attached hydrogen (secondary N) is 1. The molecule has 100 valence electrons. The summed E-state index contributed by atoms with van der Waals surface area (Å²) in [7, 11) is 3.45. The van der Waals surface area contributed by atoms with E-state index in [0.717, 1.165) is 27.2 Å². The maximum Gasteiger partial charge on any atom is 0.180 e. The van der Waals surface area contributed by atoms with Gasteiger partial charge in [-0.1, -0.05) is 0 Å². The van der Waals surface area contributed by atoms with Gasteiger partial charge in [0.1, 0.15) is 11.5 Å². The van der Waals surface area contributed by atoms with Crippen LogP contribution in [0.5, 0.6) is 0 Å². The summed E-state index contributed by atoms with van der Waals surface area (Å²) in [5, 5.41) is 3.04. The number of hydrogen-bond donors (Lipinski definition) is 1. The van der Waals surface area contributed by atoms with Gasteiger partial charge in [-0.25, -0.2) is 9.97 Å². The van der Waals surface area contributed by atoms with Gasteiger partial charge in [0.05, 0.1) is 16.8 Å². The molecule has 0 saturated heterocycles. The summed E-state index contributed by atoms with van der Waals surface area (Å²) in [6, 6.07) is 3.90. The monoisotopic (exact) mass is 322 g/mol. The third-order valence-corrected chi connectivity index (χ3v) is 3.42. The van der Waals surface area contributed by atoms with E-state index >= 15 is 0 Å². The predicted octanol–water partition coefficient (Wildman–Crippen LogP) is 2.80. The normalized spacial score (nSPS) is 10.5. The largest absolute Gasteiger partial charge is 0.378 e. The molecule has 2 heterocycles. The molecule has 19 heavy (non-hydrogen) atoms. The van der Waals surface area contributed by atoms with E-state index in [0.29, 0.717) is 12.4 Å². The minimum absolute atomic E-state index is 0.413. The molecule has 0 bridgehead atoms. The van der Waals surface area contributed by atoms with Crippen molar-refractivity contribution in [2.24, 2.45) is 0 Å². The number of rotatable bonds is 4. The molecule has 0 radical (unpaired) electrons. The average Bonchev–Trinajstić information content (AvgIpc) is 2.41. The molecule has 0 atom stereocenters. The molecule has 0 spiro atoms. The Balaban J connectivity index is 2.54. The second-order valence-electron chi connectivity index (χ2n) is 4.06. The number of aromatic nitrogens is 3. The molecular formula is C13H15BrN4O. The van der Waals surface area contributed by atoms with E-state index in [-0.39, 0.29) is 0 Å². The fourth-order valence-electron chi connectivity index (χ4n) is 1.66. The summed E-state index contributed by atoms with van der Waals surface area (Å²) in [6.07, 6.45) is 1.76. The van der Waals surface area contributed by atoms with Crippen molar-refractivity contribution in [3.8, 4) is 11.5 Å². The molecule has 0 unspecified atom stereocenters. The van der Waals surface area contributed by atoms with Crippen LogP contribution in [-0.4, -0.2) is 29.1 Å². The summed E-state index contributed by atoms with van der Waals surface area (Å²) in [6.45, 7) is 2.43. The highest BCUT2D eigenvalue weighted by atomic mass is 79.9. The Hall–Kier alpha value is -1.53. The van der Waals surface area contributed by atoms with Gasteiger partial charge < -0.3 is 10.1 Å².